The van der Waals surface area contributed by atoms with Crippen molar-refractivity contribution in [2.75, 3.05) is 0 Å². The molecule has 0 nitrogen and oxygen atoms in total. The van der Waals surface area contributed by atoms with Crippen LogP contribution >= 0.6 is 22.9 Å². The summed E-state index contributed by atoms with van der Waals surface area (Å²) >= 11 is 7.84. The second-order valence-corrected chi connectivity index (χ2v) is 4.40. The van der Waals surface area contributed by atoms with Gasteiger partial charge in [-0.1, -0.05) is 29.8 Å². The fourth-order valence-corrected chi connectivity index (χ4v) is 2.29. The van der Waals surface area contributed by atoms with Gasteiger partial charge in [0, 0.05) is 15.5 Å². The van der Waals surface area contributed by atoms with Crippen molar-refractivity contribution in [2.45, 2.75) is 6.92 Å². The molecule has 0 saturated heterocycles. The average molecular weight is 209 g/mol. The molecule has 2 rings (SSSR count). The molecule has 1 aromatic carbocycles. The first-order valence-electron chi connectivity index (χ1n) is 4.08. The molecule has 0 fully saturated rings. The fourth-order valence-electron chi connectivity index (χ4n) is 1.34. The van der Waals surface area contributed by atoms with Gasteiger partial charge in [-0.25, -0.2) is 0 Å². The van der Waals surface area contributed by atoms with Gasteiger partial charge >= 0.3 is 0 Å². The van der Waals surface area contributed by atoms with E-state index in [-0.39, 0.29) is 0 Å². The van der Waals surface area contributed by atoms with Crippen molar-refractivity contribution in [1.29, 1.82) is 0 Å². The lowest BCUT2D eigenvalue weighted by Gasteiger charge is -2.02. The third kappa shape index (κ3) is 1.62. The molecule has 0 atom stereocenters. The maximum atomic E-state index is 6.09. The van der Waals surface area contributed by atoms with Gasteiger partial charge in [-0.3, -0.25) is 0 Å². The van der Waals surface area contributed by atoms with E-state index in [0.717, 1.165) is 10.6 Å². The number of hydrogen-bond acceptors (Lipinski definition) is 1. The molecule has 0 bridgehead atoms. The molecule has 2 heteroatoms. The molecule has 1 heterocycles. The van der Waals surface area contributed by atoms with E-state index in [1.54, 1.807) is 11.3 Å². The molecule has 0 N–H and O–H groups in total. The Morgan fingerprint density at radius 1 is 1.08 bits per heavy atom. The van der Waals surface area contributed by atoms with Gasteiger partial charge < -0.3 is 0 Å². The molecule has 0 aliphatic carbocycles. The molecule has 0 spiro atoms. The average Bonchev–Trinajstić information content (AvgIpc) is 2.52. The van der Waals surface area contributed by atoms with E-state index in [9.17, 15) is 0 Å². The molecule has 1 aromatic heterocycles. The second kappa shape index (κ2) is 3.52. The highest BCUT2D eigenvalue weighted by molar-refractivity contribution is 7.10. The zero-order chi connectivity index (χ0) is 9.26. The van der Waals surface area contributed by atoms with Crippen molar-refractivity contribution in [2.24, 2.45) is 0 Å². The molecule has 66 valence electrons. The highest BCUT2D eigenvalue weighted by atomic mass is 35.5. The fraction of sp³-hybridized carbons (Fsp3) is 0.0909. The summed E-state index contributed by atoms with van der Waals surface area (Å²) in [4.78, 5) is 1.31. The van der Waals surface area contributed by atoms with E-state index < -0.39 is 0 Å². The maximum Gasteiger partial charge on any atom is 0.0484 e. The summed E-state index contributed by atoms with van der Waals surface area (Å²) in [6.45, 7) is 2.11. The van der Waals surface area contributed by atoms with Crippen LogP contribution in [0.2, 0.25) is 5.02 Å². The number of aryl methyl sites for hydroxylation is 1. The van der Waals surface area contributed by atoms with Crippen LogP contribution in [0, 0.1) is 6.92 Å². The molecule has 0 radical (unpaired) electrons. The highest BCUT2D eigenvalue weighted by Crippen LogP contribution is 2.32. The van der Waals surface area contributed by atoms with Gasteiger partial charge in [-0.05, 0) is 30.0 Å². The normalized spacial score (nSPS) is 10.3. The lowest BCUT2D eigenvalue weighted by Crippen LogP contribution is -1.77. The molecular formula is C11H9ClS. The van der Waals surface area contributed by atoms with E-state index in [0.29, 0.717) is 0 Å². The Labute approximate surface area is 86.8 Å². The van der Waals surface area contributed by atoms with Crippen LogP contribution in [-0.4, -0.2) is 0 Å². The van der Waals surface area contributed by atoms with Crippen LogP contribution in [0.3, 0.4) is 0 Å². The molecule has 0 aliphatic rings. The molecule has 0 unspecified atom stereocenters. The summed E-state index contributed by atoms with van der Waals surface area (Å²) < 4.78 is 0. The largest absolute Gasteiger partial charge is 0.149 e. The van der Waals surface area contributed by atoms with Crippen molar-refractivity contribution in [3.05, 3.63) is 45.6 Å². The quantitative estimate of drug-likeness (QED) is 0.653. The summed E-state index contributed by atoms with van der Waals surface area (Å²) in [6, 6.07) is 10.1. The number of halogens is 1. The molecular weight excluding hydrogens is 200 g/mol. The van der Waals surface area contributed by atoms with E-state index in [2.05, 4.69) is 24.4 Å². The van der Waals surface area contributed by atoms with Crippen molar-refractivity contribution < 1.29 is 0 Å². The number of thiophene rings is 1. The zero-order valence-electron chi connectivity index (χ0n) is 7.25. The van der Waals surface area contributed by atoms with Crippen LogP contribution in [0.15, 0.2) is 35.7 Å². The monoisotopic (exact) mass is 208 g/mol. The summed E-state index contributed by atoms with van der Waals surface area (Å²) in [7, 11) is 0. The molecule has 0 amide bonds. The summed E-state index contributed by atoms with van der Waals surface area (Å²) in [5, 5.41) is 2.91. The Morgan fingerprint density at radius 3 is 2.46 bits per heavy atom. The van der Waals surface area contributed by atoms with E-state index in [4.69, 9.17) is 11.6 Å². The lowest BCUT2D eigenvalue weighted by atomic mass is 10.1. The van der Waals surface area contributed by atoms with Crippen LogP contribution in [0.5, 0.6) is 0 Å². The first-order chi connectivity index (χ1) is 6.29. The molecule has 0 aliphatic heterocycles. The van der Waals surface area contributed by atoms with Gasteiger partial charge in [-0.2, -0.15) is 0 Å². The van der Waals surface area contributed by atoms with Crippen LogP contribution in [0.4, 0.5) is 0 Å². The number of rotatable bonds is 1. The zero-order valence-corrected chi connectivity index (χ0v) is 8.82. The Morgan fingerprint density at radius 2 is 1.85 bits per heavy atom. The summed E-state index contributed by atoms with van der Waals surface area (Å²) in [6.07, 6.45) is 0. The van der Waals surface area contributed by atoms with Crippen LogP contribution in [0.1, 0.15) is 4.88 Å². The van der Waals surface area contributed by atoms with Crippen LogP contribution in [-0.2, 0) is 0 Å². The Kier molecular flexibility index (Phi) is 2.38. The van der Waals surface area contributed by atoms with E-state index >= 15 is 0 Å². The van der Waals surface area contributed by atoms with Crippen molar-refractivity contribution >= 4 is 22.9 Å². The number of benzene rings is 1. The number of hydrogen-bond donors (Lipinski definition) is 0. The Balaban J connectivity index is 2.59. The standard InChI is InChI=1S/C11H9ClS/c1-8-9(6-7-13-8)10-4-2-3-5-11(10)12/h2-7H,1H3. The van der Waals surface area contributed by atoms with E-state index in [1.807, 2.05) is 18.2 Å². The predicted octanol–water partition coefficient (Wildman–Crippen LogP) is 4.38. The summed E-state index contributed by atoms with van der Waals surface area (Å²) in [5.41, 5.74) is 2.37. The third-order valence-corrected chi connectivity index (χ3v) is 3.20. The SMILES string of the molecule is Cc1sccc1-c1ccccc1Cl. The van der Waals surface area contributed by atoms with Crippen molar-refractivity contribution in [1.82, 2.24) is 0 Å². The van der Waals surface area contributed by atoms with Crippen molar-refractivity contribution in [3.63, 3.8) is 0 Å². The molecule has 2 aromatic rings. The third-order valence-electron chi connectivity index (χ3n) is 2.02. The minimum Gasteiger partial charge on any atom is -0.149 e. The van der Waals surface area contributed by atoms with Gasteiger partial charge in [0.2, 0.25) is 0 Å². The first-order valence-corrected chi connectivity index (χ1v) is 5.34. The Hall–Kier alpha value is -0.790. The van der Waals surface area contributed by atoms with Gasteiger partial charge in [0.1, 0.15) is 0 Å². The van der Waals surface area contributed by atoms with Gasteiger partial charge in [0.15, 0.2) is 0 Å². The summed E-state index contributed by atoms with van der Waals surface area (Å²) in [5.74, 6) is 0. The van der Waals surface area contributed by atoms with Crippen LogP contribution in [0.25, 0.3) is 11.1 Å². The lowest BCUT2D eigenvalue weighted by molar-refractivity contribution is 1.58. The maximum absolute atomic E-state index is 6.09. The minimum atomic E-state index is 0.823. The first kappa shape index (κ1) is 8.79. The van der Waals surface area contributed by atoms with Crippen LogP contribution < -0.4 is 0 Å². The van der Waals surface area contributed by atoms with Gasteiger partial charge in [0.25, 0.3) is 0 Å². The topological polar surface area (TPSA) is 0 Å². The predicted molar refractivity (Wildman–Crippen MR) is 59.5 cm³/mol. The Bertz CT molecular complexity index is 418. The van der Waals surface area contributed by atoms with Gasteiger partial charge in [-0.15, -0.1) is 11.3 Å². The second-order valence-electron chi connectivity index (χ2n) is 2.87. The van der Waals surface area contributed by atoms with Gasteiger partial charge in [0.05, 0.1) is 0 Å². The van der Waals surface area contributed by atoms with Crippen molar-refractivity contribution in [3.8, 4) is 11.1 Å². The smallest absolute Gasteiger partial charge is 0.0484 e. The minimum absolute atomic E-state index is 0.823. The molecule has 0 saturated carbocycles. The highest BCUT2D eigenvalue weighted by Gasteiger charge is 2.05. The molecule has 13 heavy (non-hydrogen) atoms. The van der Waals surface area contributed by atoms with E-state index in [1.165, 1.54) is 10.4 Å².